The number of carboxylic acid groups (broad SMARTS) is 1. The third-order valence-electron chi connectivity index (χ3n) is 7.33. The molecule has 0 radical (unpaired) electrons. The summed E-state index contributed by atoms with van der Waals surface area (Å²) < 4.78 is 36.7. The SMILES string of the molecule is CC(C(=O)[O-])N(CC(=O)NC[n+]1c(/C=C2\Sc3ccc(Cl)cc3N2CCCS(=O)(=O)[O-])sc2ccc(Cl)cc21)c1ccc(C=O)cc1. The fraction of sp³-hybridized carbons (Fsp3) is 0.226. The molecule has 0 saturated carbocycles. The Kier molecular flexibility index (Phi) is 10.8. The summed E-state index contributed by atoms with van der Waals surface area (Å²) in [4.78, 5) is 40.3. The van der Waals surface area contributed by atoms with Crippen LogP contribution in [0, 0.1) is 0 Å². The molecular formula is C31H27Cl2N4O7S3-. The standard InChI is InChI=1S/C31H28Cl2N4O7S3/c1-19(31(40)41)36(23-7-3-20(17-38)4-8-23)16-28(39)34-18-37-25-14-22(33)6-10-27(25)46-30(37)15-29-35(11-2-12-47(42,43)44)24-13-21(32)5-9-26(24)45-29/h3-10,13-15,17,19H,2,11-12,16,18H2,1H3,(H2-,34,39,40,41,42,43,44)/p-1. The zero-order chi connectivity index (χ0) is 33.9. The van der Waals surface area contributed by atoms with E-state index < -0.39 is 33.8 Å². The van der Waals surface area contributed by atoms with Gasteiger partial charge in [-0.3, -0.25) is 14.9 Å². The molecule has 1 aromatic heterocycles. The van der Waals surface area contributed by atoms with Gasteiger partial charge in [-0.05, 0) is 67.9 Å². The van der Waals surface area contributed by atoms with Crippen LogP contribution in [-0.4, -0.2) is 56.0 Å². The summed E-state index contributed by atoms with van der Waals surface area (Å²) in [5.41, 5.74) is 2.35. The van der Waals surface area contributed by atoms with Crippen molar-refractivity contribution >= 4 is 102 Å². The number of aldehydes is 1. The maximum Gasteiger partial charge on any atom is 0.267 e. The van der Waals surface area contributed by atoms with Gasteiger partial charge in [0.15, 0.2) is 0 Å². The van der Waals surface area contributed by atoms with E-state index >= 15 is 0 Å². The molecule has 16 heteroatoms. The maximum atomic E-state index is 13.3. The predicted octanol–water partition coefficient (Wildman–Crippen LogP) is 3.87. The number of nitrogens with zero attached hydrogens (tertiary/aromatic N) is 3. The number of thioether (sulfide) groups is 1. The number of carboxylic acids is 1. The molecule has 2 heterocycles. The first-order chi connectivity index (χ1) is 22.3. The first-order valence-electron chi connectivity index (χ1n) is 14.1. The Bertz CT molecular complexity index is 1980. The molecule has 1 amide bonds. The van der Waals surface area contributed by atoms with Gasteiger partial charge in [0.1, 0.15) is 11.0 Å². The lowest BCUT2D eigenvalue weighted by Crippen LogP contribution is -2.52. The zero-order valence-electron chi connectivity index (χ0n) is 24.7. The van der Waals surface area contributed by atoms with Crippen molar-refractivity contribution in [1.82, 2.24) is 5.32 Å². The number of rotatable bonds is 13. The van der Waals surface area contributed by atoms with E-state index in [2.05, 4.69) is 5.32 Å². The summed E-state index contributed by atoms with van der Waals surface area (Å²) in [7, 11) is -4.40. The average Bonchev–Trinajstić information content (AvgIpc) is 3.54. The molecule has 1 aliphatic rings. The Labute approximate surface area is 289 Å². The van der Waals surface area contributed by atoms with E-state index in [1.54, 1.807) is 36.4 Å². The van der Waals surface area contributed by atoms with Crippen molar-refractivity contribution in [3.8, 4) is 0 Å². The Morgan fingerprint density at radius 3 is 2.47 bits per heavy atom. The minimum atomic E-state index is -4.40. The van der Waals surface area contributed by atoms with Crippen LogP contribution in [0.15, 0.2) is 70.6 Å². The van der Waals surface area contributed by atoms with Crippen LogP contribution >= 0.6 is 46.3 Å². The maximum absolute atomic E-state index is 13.3. The highest BCUT2D eigenvalue weighted by molar-refractivity contribution is 8.03. The van der Waals surface area contributed by atoms with E-state index in [1.807, 2.05) is 27.7 Å². The van der Waals surface area contributed by atoms with Crippen LogP contribution in [-0.2, 0) is 26.4 Å². The van der Waals surface area contributed by atoms with Gasteiger partial charge in [0.05, 0.1) is 45.5 Å². The van der Waals surface area contributed by atoms with E-state index in [4.69, 9.17) is 23.2 Å². The number of aliphatic carboxylic acids is 1. The number of hydrogen-bond donors (Lipinski definition) is 1. The molecule has 246 valence electrons. The number of amides is 1. The highest BCUT2D eigenvalue weighted by Crippen LogP contribution is 2.48. The lowest BCUT2D eigenvalue weighted by molar-refractivity contribution is -0.672. The molecular weight excluding hydrogens is 707 g/mol. The number of hydrogen-bond acceptors (Lipinski definition) is 11. The Balaban J connectivity index is 1.44. The number of fused-ring (bicyclic) bond motifs is 2. The molecule has 1 atom stereocenters. The molecule has 4 aromatic rings. The van der Waals surface area contributed by atoms with Crippen molar-refractivity contribution in [2.45, 2.75) is 31.0 Å². The quantitative estimate of drug-likeness (QED) is 0.122. The van der Waals surface area contributed by atoms with Crippen LogP contribution in [0.3, 0.4) is 0 Å². The third-order valence-corrected chi connectivity index (χ3v) is 10.8. The Morgan fingerprint density at radius 1 is 1.09 bits per heavy atom. The summed E-state index contributed by atoms with van der Waals surface area (Å²) in [5, 5.41) is 17.1. The number of anilines is 2. The molecule has 1 unspecified atom stereocenters. The fourth-order valence-electron chi connectivity index (χ4n) is 4.96. The average molecular weight is 735 g/mol. The molecule has 0 fully saturated rings. The van der Waals surface area contributed by atoms with E-state index in [1.165, 1.54) is 47.1 Å². The molecule has 3 aromatic carbocycles. The topological polar surface area (TPSA) is 154 Å². The number of halogens is 2. The number of carbonyl (C=O) groups excluding carboxylic acids is 3. The van der Waals surface area contributed by atoms with Crippen molar-refractivity contribution in [2.24, 2.45) is 0 Å². The van der Waals surface area contributed by atoms with Gasteiger partial charge in [-0.2, -0.15) is 4.57 Å². The summed E-state index contributed by atoms with van der Waals surface area (Å²) in [6, 6.07) is 15.8. The molecule has 0 aliphatic carbocycles. The van der Waals surface area contributed by atoms with Crippen LogP contribution in [0.1, 0.15) is 28.7 Å². The van der Waals surface area contributed by atoms with Gasteiger partial charge in [-0.25, -0.2) is 8.42 Å². The van der Waals surface area contributed by atoms with Gasteiger partial charge in [-0.15, -0.1) is 0 Å². The van der Waals surface area contributed by atoms with Crippen molar-refractivity contribution < 1.29 is 37.0 Å². The smallest absolute Gasteiger partial charge is 0.267 e. The molecule has 0 saturated heterocycles. The number of carbonyl (C=O) groups is 3. The first-order valence-corrected chi connectivity index (χ1v) is 18.1. The number of nitrogens with one attached hydrogen (secondary N) is 1. The second-order valence-electron chi connectivity index (χ2n) is 10.5. The van der Waals surface area contributed by atoms with Gasteiger partial charge >= 0.3 is 0 Å². The minimum absolute atomic E-state index is 0.00772. The van der Waals surface area contributed by atoms with Crippen molar-refractivity contribution in [2.75, 3.05) is 28.6 Å². The van der Waals surface area contributed by atoms with Crippen LogP contribution < -0.4 is 24.8 Å². The molecule has 0 bridgehead atoms. The van der Waals surface area contributed by atoms with Gasteiger partial charge < -0.3 is 24.3 Å². The largest absolute Gasteiger partial charge is 0.748 e. The minimum Gasteiger partial charge on any atom is -0.748 e. The van der Waals surface area contributed by atoms with E-state index in [-0.39, 0.29) is 26.2 Å². The fourth-order valence-corrected chi connectivity index (χ4v) is 8.04. The Morgan fingerprint density at radius 2 is 1.79 bits per heavy atom. The predicted molar refractivity (Wildman–Crippen MR) is 181 cm³/mol. The third kappa shape index (κ3) is 8.44. The lowest BCUT2D eigenvalue weighted by Gasteiger charge is -2.31. The number of benzene rings is 3. The van der Waals surface area contributed by atoms with E-state index in [0.717, 1.165) is 30.8 Å². The van der Waals surface area contributed by atoms with Crippen molar-refractivity contribution in [1.29, 1.82) is 0 Å². The highest BCUT2D eigenvalue weighted by atomic mass is 35.5. The molecule has 11 nitrogen and oxygen atoms in total. The number of thiazole rings is 1. The molecule has 1 N–H and O–H groups in total. The van der Waals surface area contributed by atoms with Gasteiger partial charge in [-0.1, -0.05) is 46.3 Å². The van der Waals surface area contributed by atoms with Crippen LogP contribution in [0.5, 0.6) is 0 Å². The highest BCUT2D eigenvalue weighted by Gasteiger charge is 2.29. The van der Waals surface area contributed by atoms with E-state index in [9.17, 15) is 32.5 Å². The van der Waals surface area contributed by atoms with Gasteiger partial charge in [0, 0.05) is 44.6 Å². The number of aromatic nitrogens is 1. The molecule has 1 aliphatic heterocycles. The summed E-state index contributed by atoms with van der Waals surface area (Å²) >= 11 is 15.5. The Hall–Kier alpha value is -3.66. The molecule has 5 rings (SSSR count). The van der Waals surface area contributed by atoms with Crippen LogP contribution in [0.2, 0.25) is 10.0 Å². The van der Waals surface area contributed by atoms with Crippen LogP contribution in [0.4, 0.5) is 11.4 Å². The summed E-state index contributed by atoms with van der Waals surface area (Å²) in [5.74, 6) is -2.35. The molecule has 0 spiro atoms. The second kappa shape index (κ2) is 14.6. The monoisotopic (exact) mass is 733 g/mol. The summed E-state index contributed by atoms with van der Waals surface area (Å²) in [6.07, 6.45) is 2.68. The second-order valence-corrected chi connectivity index (χ2v) is 15.1. The van der Waals surface area contributed by atoms with Crippen molar-refractivity contribution in [3.63, 3.8) is 0 Å². The lowest BCUT2D eigenvalue weighted by atomic mass is 10.1. The van der Waals surface area contributed by atoms with Gasteiger partial charge in [0.25, 0.3) is 5.01 Å². The van der Waals surface area contributed by atoms with E-state index in [0.29, 0.717) is 27.6 Å². The normalized spacial score (nSPS) is 14.3. The molecule has 47 heavy (non-hydrogen) atoms. The van der Waals surface area contributed by atoms with Crippen molar-refractivity contribution in [3.05, 3.63) is 86.3 Å². The zero-order valence-corrected chi connectivity index (χ0v) is 28.7. The first kappa shape index (κ1) is 34.7. The van der Waals surface area contributed by atoms with Gasteiger partial charge in [0.2, 0.25) is 18.1 Å². The summed E-state index contributed by atoms with van der Waals surface area (Å²) in [6.45, 7) is 1.36. The van der Waals surface area contributed by atoms with Crippen LogP contribution in [0.25, 0.3) is 16.3 Å².